The lowest BCUT2D eigenvalue weighted by Crippen LogP contribution is -2.52. The highest BCUT2D eigenvalue weighted by Crippen LogP contribution is 2.27. The van der Waals surface area contributed by atoms with Gasteiger partial charge in [0, 0.05) is 17.1 Å². The first-order chi connectivity index (χ1) is 18.8. The second-order valence-electron chi connectivity index (χ2n) is 9.57. The van der Waals surface area contributed by atoms with E-state index in [4.69, 9.17) is 23.2 Å². The fourth-order valence-electron chi connectivity index (χ4n) is 3.86. The zero-order valence-corrected chi connectivity index (χ0v) is 26.6. The van der Waals surface area contributed by atoms with E-state index in [0.29, 0.717) is 27.7 Å². The summed E-state index contributed by atoms with van der Waals surface area (Å²) in [5.74, 6) is -0.907. The highest BCUT2D eigenvalue weighted by Gasteiger charge is 2.32. The Bertz CT molecular complexity index is 1450. The number of carbonyl (C=O) groups excluding carboxylic acids is 2. The molecule has 0 aliphatic heterocycles. The lowest BCUT2D eigenvalue weighted by molar-refractivity contribution is -0.139. The fourth-order valence-corrected chi connectivity index (χ4v) is 5.86. The molecule has 0 bridgehead atoms. The smallest absolute Gasteiger partial charge is 0.264 e. The number of sulfonamides is 1. The number of carbonyl (C=O) groups is 2. The molecular formula is C29H32BrCl2N3O4S. The van der Waals surface area contributed by atoms with Crippen LogP contribution in [0.25, 0.3) is 0 Å². The number of rotatable bonds is 11. The van der Waals surface area contributed by atoms with Gasteiger partial charge in [-0.3, -0.25) is 13.9 Å². The average Bonchev–Trinajstić information content (AvgIpc) is 2.92. The molecule has 0 heterocycles. The SMILES string of the molecule is CC[C@H](C)NC(=O)[C@@H](C)N(Cc1ccc(Cl)c(Cl)c1)C(=O)CN(c1ccc(Br)cc1)S(=O)(=O)c1ccc(C)cc1. The van der Waals surface area contributed by atoms with Gasteiger partial charge < -0.3 is 10.2 Å². The van der Waals surface area contributed by atoms with Crippen LogP contribution in [0, 0.1) is 6.92 Å². The van der Waals surface area contributed by atoms with Gasteiger partial charge in [-0.1, -0.05) is 69.8 Å². The molecular weight excluding hydrogens is 637 g/mol. The third-order valence-corrected chi connectivity index (χ3v) is 9.56. The molecule has 0 aliphatic rings. The molecule has 40 heavy (non-hydrogen) atoms. The van der Waals surface area contributed by atoms with Gasteiger partial charge in [-0.15, -0.1) is 0 Å². The third kappa shape index (κ3) is 8.00. The Balaban J connectivity index is 2.03. The van der Waals surface area contributed by atoms with Crippen LogP contribution in [0.1, 0.15) is 38.3 Å². The van der Waals surface area contributed by atoms with Gasteiger partial charge in [-0.05, 0) is 81.3 Å². The van der Waals surface area contributed by atoms with Crippen molar-refractivity contribution in [3.05, 3.63) is 92.4 Å². The molecule has 11 heteroatoms. The summed E-state index contributed by atoms with van der Waals surface area (Å²) >= 11 is 15.7. The zero-order chi connectivity index (χ0) is 29.6. The van der Waals surface area contributed by atoms with Crippen molar-refractivity contribution in [2.45, 2.75) is 57.6 Å². The minimum absolute atomic E-state index is 0.0174. The van der Waals surface area contributed by atoms with Crippen molar-refractivity contribution < 1.29 is 18.0 Å². The molecule has 0 radical (unpaired) electrons. The van der Waals surface area contributed by atoms with Crippen molar-refractivity contribution in [3.63, 3.8) is 0 Å². The molecule has 1 N–H and O–H groups in total. The number of benzene rings is 3. The summed E-state index contributed by atoms with van der Waals surface area (Å²) in [5, 5.41) is 3.57. The van der Waals surface area contributed by atoms with Gasteiger partial charge >= 0.3 is 0 Å². The normalized spacial score (nSPS) is 12.9. The number of aryl methyl sites for hydroxylation is 1. The standard InChI is InChI=1S/C29H32BrCl2N3O4S/c1-5-20(3)33-29(37)21(4)34(17-22-8-15-26(31)27(32)16-22)28(36)18-35(24-11-9-23(30)10-12-24)40(38,39)25-13-6-19(2)7-14-25/h6-16,20-21H,5,17-18H2,1-4H3,(H,33,37)/t20-,21+/m0/s1. The van der Waals surface area contributed by atoms with E-state index in [1.54, 1.807) is 61.5 Å². The summed E-state index contributed by atoms with van der Waals surface area (Å²) < 4.78 is 29.5. The highest BCUT2D eigenvalue weighted by molar-refractivity contribution is 9.10. The van der Waals surface area contributed by atoms with Gasteiger partial charge in [0.05, 0.1) is 20.6 Å². The van der Waals surface area contributed by atoms with Crippen LogP contribution in [0.2, 0.25) is 10.0 Å². The molecule has 0 unspecified atom stereocenters. The van der Waals surface area contributed by atoms with Crippen LogP contribution < -0.4 is 9.62 Å². The first kappa shape index (κ1) is 31.9. The van der Waals surface area contributed by atoms with E-state index >= 15 is 0 Å². The molecule has 0 aromatic heterocycles. The predicted octanol–water partition coefficient (Wildman–Crippen LogP) is 6.59. The summed E-state index contributed by atoms with van der Waals surface area (Å²) in [6.45, 7) is 6.79. The molecule has 2 atom stereocenters. The van der Waals surface area contributed by atoms with E-state index < -0.39 is 28.5 Å². The molecule has 3 rings (SSSR count). The van der Waals surface area contributed by atoms with Gasteiger partial charge in [-0.2, -0.15) is 0 Å². The summed E-state index contributed by atoms with van der Waals surface area (Å²) in [6, 6.07) is 17.0. The molecule has 0 saturated carbocycles. The second kappa shape index (κ2) is 13.9. The summed E-state index contributed by atoms with van der Waals surface area (Å²) in [5.41, 5.74) is 1.85. The van der Waals surface area contributed by atoms with Crippen LogP contribution in [-0.4, -0.2) is 43.8 Å². The van der Waals surface area contributed by atoms with Crippen molar-refractivity contribution in [2.75, 3.05) is 10.8 Å². The van der Waals surface area contributed by atoms with Crippen molar-refractivity contribution in [2.24, 2.45) is 0 Å². The van der Waals surface area contributed by atoms with Crippen LogP contribution in [0.3, 0.4) is 0 Å². The van der Waals surface area contributed by atoms with Gasteiger partial charge in [0.15, 0.2) is 0 Å². The fraction of sp³-hybridized carbons (Fsp3) is 0.310. The predicted molar refractivity (Wildman–Crippen MR) is 164 cm³/mol. The van der Waals surface area contributed by atoms with Crippen LogP contribution in [0.15, 0.2) is 76.1 Å². The summed E-state index contributed by atoms with van der Waals surface area (Å²) in [4.78, 5) is 28.5. The zero-order valence-electron chi connectivity index (χ0n) is 22.7. The topological polar surface area (TPSA) is 86.8 Å². The van der Waals surface area contributed by atoms with Crippen molar-refractivity contribution >= 4 is 66.7 Å². The monoisotopic (exact) mass is 667 g/mol. The Morgan fingerprint density at radius 3 is 2.15 bits per heavy atom. The molecule has 0 saturated heterocycles. The minimum atomic E-state index is -4.13. The van der Waals surface area contributed by atoms with E-state index in [1.165, 1.54) is 17.0 Å². The Kier molecular flexibility index (Phi) is 11.1. The van der Waals surface area contributed by atoms with Crippen molar-refractivity contribution in [3.8, 4) is 0 Å². The molecule has 214 valence electrons. The maximum atomic E-state index is 14.0. The maximum Gasteiger partial charge on any atom is 0.264 e. The number of anilines is 1. The quantitative estimate of drug-likeness (QED) is 0.250. The second-order valence-corrected chi connectivity index (χ2v) is 13.2. The Hall–Kier alpha value is -2.59. The van der Waals surface area contributed by atoms with Gasteiger partial charge in [0.25, 0.3) is 10.0 Å². The Labute approximate surface area is 254 Å². The Morgan fingerprint density at radius 1 is 0.950 bits per heavy atom. The number of hydrogen-bond acceptors (Lipinski definition) is 4. The van der Waals surface area contributed by atoms with Crippen LogP contribution in [0.4, 0.5) is 5.69 Å². The molecule has 3 aromatic rings. The van der Waals surface area contributed by atoms with Crippen molar-refractivity contribution in [1.29, 1.82) is 0 Å². The minimum Gasteiger partial charge on any atom is -0.352 e. The first-order valence-corrected chi connectivity index (χ1v) is 15.7. The van der Waals surface area contributed by atoms with Gasteiger partial charge in [0.2, 0.25) is 11.8 Å². The van der Waals surface area contributed by atoms with Crippen LogP contribution >= 0.6 is 39.1 Å². The van der Waals surface area contributed by atoms with Crippen LogP contribution in [-0.2, 0) is 26.2 Å². The van der Waals surface area contributed by atoms with Gasteiger partial charge in [-0.25, -0.2) is 8.42 Å². The average molecular weight is 669 g/mol. The van der Waals surface area contributed by atoms with E-state index in [9.17, 15) is 18.0 Å². The molecule has 0 aliphatic carbocycles. The molecule has 7 nitrogen and oxygen atoms in total. The lowest BCUT2D eigenvalue weighted by Gasteiger charge is -2.32. The molecule has 0 fully saturated rings. The number of halogens is 3. The van der Waals surface area contributed by atoms with E-state index in [1.807, 2.05) is 20.8 Å². The first-order valence-electron chi connectivity index (χ1n) is 12.7. The Morgan fingerprint density at radius 2 is 1.57 bits per heavy atom. The van der Waals surface area contributed by atoms with E-state index in [0.717, 1.165) is 14.3 Å². The maximum absolute atomic E-state index is 14.0. The molecule has 2 amide bonds. The molecule has 3 aromatic carbocycles. The van der Waals surface area contributed by atoms with E-state index in [2.05, 4.69) is 21.2 Å². The largest absolute Gasteiger partial charge is 0.352 e. The number of nitrogens with one attached hydrogen (secondary N) is 1. The number of hydrogen-bond donors (Lipinski definition) is 1. The number of amides is 2. The molecule has 0 spiro atoms. The summed E-state index contributed by atoms with van der Waals surface area (Å²) in [7, 11) is -4.13. The lowest BCUT2D eigenvalue weighted by atomic mass is 10.1. The number of nitrogens with zero attached hydrogens (tertiary/aromatic N) is 2. The van der Waals surface area contributed by atoms with Crippen LogP contribution in [0.5, 0.6) is 0 Å². The van der Waals surface area contributed by atoms with E-state index in [-0.39, 0.29) is 23.4 Å². The highest BCUT2D eigenvalue weighted by atomic mass is 79.9. The summed E-state index contributed by atoms with van der Waals surface area (Å²) in [6.07, 6.45) is 0.714. The van der Waals surface area contributed by atoms with Gasteiger partial charge in [0.1, 0.15) is 12.6 Å². The third-order valence-electron chi connectivity index (χ3n) is 6.51. The van der Waals surface area contributed by atoms with Crippen molar-refractivity contribution in [1.82, 2.24) is 10.2 Å².